The van der Waals surface area contributed by atoms with Crippen molar-refractivity contribution in [3.05, 3.63) is 29.8 Å². The lowest BCUT2D eigenvalue weighted by Crippen LogP contribution is -2.08. The fraction of sp³-hybridized carbons (Fsp3) is 0.333. The summed E-state index contributed by atoms with van der Waals surface area (Å²) >= 11 is 0. The molecule has 55 valence electrons. The topological polar surface area (TPSA) is 24.7 Å². The third-order valence-corrected chi connectivity index (χ3v) is 1.91. The second-order valence-electron chi connectivity index (χ2n) is 3.20. The van der Waals surface area contributed by atoms with Gasteiger partial charge in [-0.3, -0.25) is 0 Å². The highest BCUT2D eigenvalue weighted by molar-refractivity contribution is 5.51. The second kappa shape index (κ2) is 1.91. The van der Waals surface area contributed by atoms with Crippen molar-refractivity contribution < 1.29 is 0 Å². The molecule has 0 bridgehead atoms. The van der Waals surface area contributed by atoms with Crippen molar-refractivity contribution in [1.82, 2.24) is 0 Å². The Morgan fingerprint density at radius 2 is 2.27 bits per heavy atom. The van der Waals surface area contributed by atoms with Gasteiger partial charge >= 0.3 is 0 Å². The number of hydrogen-bond acceptors (Lipinski definition) is 2. The zero-order valence-corrected chi connectivity index (χ0v) is 6.63. The molecule has 0 aliphatic carbocycles. The van der Waals surface area contributed by atoms with Crippen LogP contribution in [0.2, 0.25) is 0 Å². The van der Waals surface area contributed by atoms with Gasteiger partial charge in [0.05, 0.1) is 5.69 Å². The van der Waals surface area contributed by atoms with Gasteiger partial charge in [0.2, 0.25) is 0 Å². The van der Waals surface area contributed by atoms with E-state index >= 15 is 0 Å². The maximum absolute atomic E-state index is 4.14. The second-order valence-corrected chi connectivity index (χ2v) is 3.20. The van der Waals surface area contributed by atoms with E-state index in [0.29, 0.717) is 0 Å². The van der Waals surface area contributed by atoms with Gasteiger partial charge in [0.1, 0.15) is 5.54 Å². The summed E-state index contributed by atoms with van der Waals surface area (Å²) in [5.41, 5.74) is 2.00. The number of rotatable bonds is 0. The van der Waals surface area contributed by atoms with Crippen LogP contribution in [0.5, 0.6) is 0 Å². The van der Waals surface area contributed by atoms with Crippen molar-refractivity contribution in [2.24, 2.45) is 10.2 Å². The van der Waals surface area contributed by atoms with Gasteiger partial charge in [0, 0.05) is 5.56 Å². The summed E-state index contributed by atoms with van der Waals surface area (Å²) in [6.45, 7) is 4.10. The third-order valence-electron chi connectivity index (χ3n) is 1.91. The summed E-state index contributed by atoms with van der Waals surface area (Å²) in [4.78, 5) is 0. The van der Waals surface area contributed by atoms with Gasteiger partial charge in [-0.15, -0.1) is 0 Å². The van der Waals surface area contributed by atoms with Crippen LogP contribution in [-0.2, 0) is 5.54 Å². The summed E-state index contributed by atoms with van der Waals surface area (Å²) < 4.78 is 0. The molecule has 1 aliphatic heterocycles. The lowest BCUT2D eigenvalue weighted by molar-refractivity contribution is 0.555. The maximum atomic E-state index is 4.14. The SMILES string of the molecule is CC1(C)N=Nc2cc[c]cc21. The molecule has 0 saturated carbocycles. The predicted octanol–water partition coefficient (Wildman–Crippen LogP) is 2.82. The van der Waals surface area contributed by atoms with E-state index in [9.17, 15) is 0 Å². The average Bonchev–Trinajstić information content (AvgIpc) is 2.29. The molecular weight excluding hydrogens is 136 g/mol. The molecule has 2 nitrogen and oxygen atoms in total. The lowest BCUT2D eigenvalue weighted by atomic mass is 9.95. The van der Waals surface area contributed by atoms with E-state index in [1.807, 2.05) is 18.2 Å². The minimum absolute atomic E-state index is 0.146. The molecule has 0 fully saturated rings. The first kappa shape index (κ1) is 6.53. The molecule has 1 heterocycles. The van der Waals surface area contributed by atoms with Crippen molar-refractivity contribution >= 4 is 5.69 Å². The maximum Gasteiger partial charge on any atom is 0.103 e. The Labute approximate surface area is 66.0 Å². The molecule has 0 unspecified atom stereocenters. The van der Waals surface area contributed by atoms with Crippen LogP contribution in [-0.4, -0.2) is 0 Å². The lowest BCUT2D eigenvalue weighted by Gasteiger charge is -2.12. The van der Waals surface area contributed by atoms with Gasteiger partial charge in [-0.2, -0.15) is 10.2 Å². The molecule has 0 saturated heterocycles. The molecule has 0 spiro atoms. The van der Waals surface area contributed by atoms with Crippen LogP contribution in [0.3, 0.4) is 0 Å². The number of azo groups is 1. The Bertz CT molecular complexity index is 313. The van der Waals surface area contributed by atoms with Crippen LogP contribution in [0, 0.1) is 6.07 Å². The van der Waals surface area contributed by atoms with E-state index in [1.54, 1.807) is 0 Å². The standard InChI is InChI=1S/C9H9N2/c1-9(2)7-5-3-4-6-8(7)10-11-9/h4-6H,1-2H3. The number of nitrogens with zero attached hydrogens (tertiary/aromatic N) is 2. The molecule has 1 aromatic carbocycles. The van der Waals surface area contributed by atoms with Gasteiger partial charge in [0.15, 0.2) is 0 Å². The Morgan fingerprint density at radius 1 is 1.45 bits per heavy atom. The van der Waals surface area contributed by atoms with Crippen LogP contribution >= 0.6 is 0 Å². The van der Waals surface area contributed by atoms with Crippen molar-refractivity contribution in [3.63, 3.8) is 0 Å². The Kier molecular flexibility index (Phi) is 1.13. The van der Waals surface area contributed by atoms with Gasteiger partial charge in [-0.25, -0.2) is 0 Å². The highest BCUT2D eigenvalue weighted by Gasteiger charge is 2.27. The summed E-state index contributed by atoms with van der Waals surface area (Å²) in [5, 5.41) is 8.20. The first-order valence-corrected chi connectivity index (χ1v) is 3.64. The van der Waals surface area contributed by atoms with Gasteiger partial charge in [-0.05, 0) is 32.0 Å². The van der Waals surface area contributed by atoms with E-state index in [-0.39, 0.29) is 5.54 Å². The number of hydrogen-bond donors (Lipinski definition) is 0. The molecule has 0 aromatic heterocycles. The number of fused-ring (bicyclic) bond motifs is 1. The van der Waals surface area contributed by atoms with E-state index in [1.165, 1.54) is 5.56 Å². The predicted molar refractivity (Wildman–Crippen MR) is 42.8 cm³/mol. The van der Waals surface area contributed by atoms with Crippen LogP contribution < -0.4 is 0 Å². The Morgan fingerprint density at radius 3 is 3.00 bits per heavy atom. The molecule has 1 radical (unpaired) electrons. The fourth-order valence-electron chi connectivity index (χ4n) is 1.23. The minimum Gasteiger partial charge on any atom is -0.178 e. The van der Waals surface area contributed by atoms with Crippen molar-refractivity contribution in [3.8, 4) is 0 Å². The highest BCUT2D eigenvalue weighted by Crippen LogP contribution is 2.39. The average molecular weight is 145 g/mol. The minimum atomic E-state index is -0.146. The summed E-state index contributed by atoms with van der Waals surface area (Å²) in [7, 11) is 0. The molecular formula is C9H9N2. The quantitative estimate of drug-likeness (QED) is 0.536. The van der Waals surface area contributed by atoms with Gasteiger partial charge < -0.3 is 0 Å². The summed E-state index contributed by atoms with van der Waals surface area (Å²) in [6.07, 6.45) is 0. The van der Waals surface area contributed by atoms with Crippen molar-refractivity contribution in [1.29, 1.82) is 0 Å². The first-order valence-electron chi connectivity index (χ1n) is 3.64. The molecule has 2 heteroatoms. The zero-order valence-electron chi connectivity index (χ0n) is 6.63. The molecule has 2 rings (SSSR count). The van der Waals surface area contributed by atoms with Gasteiger partial charge in [0.25, 0.3) is 0 Å². The number of benzene rings is 1. The Hall–Kier alpha value is -1.18. The van der Waals surface area contributed by atoms with Crippen molar-refractivity contribution in [2.45, 2.75) is 19.4 Å². The Balaban J connectivity index is 2.64. The normalized spacial score (nSPS) is 18.4. The van der Waals surface area contributed by atoms with Crippen molar-refractivity contribution in [2.75, 3.05) is 0 Å². The zero-order chi connectivity index (χ0) is 7.90. The molecule has 0 amide bonds. The smallest absolute Gasteiger partial charge is 0.103 e. The van der Waals surface area contributed by atoms with Crippen LogP contribution in [0.25, 0.3) is 0 Å². The van der Waals surface area contributed by atoms with E-state index < -0.39 is 0 Å². The van der Waals surface area contributed by atoms with Gasteiger partial charge in [-0.1, -0.05) is 6.07 Å². The van der Waals surface area contributed by atoms with Crippen LogP contribution in [0.15, 0.2) is 28.4 Å². The highest BCUT2D eigenvalue weighted by atomic mass is 15.2. The largest absolute Gasteiger partial charge is 0.178 e. The monoisotopic (exact) mass is 145 g/mol. The third kappa shape index (κ3) is 0.862. The summed E-state index contributed by atoms with van der Waals surface area (Å²) in [6, 6.07) is 8.78. The molecule has 0 N–H and O–H groups in total. The molecule has 11 heavy (non-hydrogen) atoms. The first-order chi connectivity index (χ1) is 5.20. The van der Waals surface area contributed by atoms with E-state index in [2.05, 4.69) is 30.1 Å². The van der Waals surface area contributed by atoms with E-state index in [4.69, 9.17) is 0 Å². The molecule has 1 aliphatic rings. The fourth-order valence-corrected chi connectivity index (χ4v) is 1.23. The molecule has 0 atom stereocenters. The van der Waals surface area contributed by atoms with E-state index in [0.717, 1.165) is 5.69 Å². The van der Waals surface area contributed by atoms with Crippen LogP contribution in [0.4, 0.5) is 5.69 Å². The van der Waals surface area contributed by atoms with Crippen LogP contribution in [0.1, 0.15) is 19.4 Å². The molecule has 1 aromatic rings. The summed E-state index contributed by atoms with van der Waals surface area (Å²) in [5.74, 6) is 0.